The van der Waals surface area contributed by atoms with E-state index in [9.17, 15) is 4.79 Å². The van der Waals surface area contributed by atoms with E-state index in [1.165, 1.54) is 0 Å². The molecular weight excluding hydrogens is 234 g/mol. The van der Waals surface area contributed by atoms with Crippen molar-refractivity contribution in [1.29, 1.82) is 0 Å². The van der Waals surface area contributed by atoms with Crippen molar-refractivity contribution in [3.05, 3.63) is 11.7 Å². The van der Waals surface area contributed by atoms with Gasteiger partial charge in [0, 0.05) is 12.0 Å². The van der Waals surface area contributed by atoms with Gasteiger partial charge in [0.25, 0.3) is 0 Å². The summed E-state index contributed by atoms with van der Waals surface area (Å²) >= 11 is 0. The summed E-state index contributed by atoms with van der Waals surface area (Å²) < 4.78 is 5.21. The van der Waals surface area contributed by atoms with E-state index in [1.807, 2.05) is 0 Å². The van der Waals surface area contributed by atoms with Gasteiger partial charge in [-0.05, 0) is 32.2 Å². The topological polar surface area (TPSA) is 79.5 Å². The maximum atomic E-state index is 10.8. The molecule has 2 fully saturated rings. The fourth-order valence-corrected chi connectivity index (χ4v) is 2.55. The highest BCUT2D eigenvalue weighted by Crippen LogP contribution is 2.38. The summed E-state index contributed by atoms with van der Waals surface area (Å²) in [6, 6.07) is 0.116. The van der Waals surface area contributed by atoms with Gasteiger partial charge in [-0.3, -0.25) is 9.69 Å². The van der Waals surface area contributed by atoms with E-state index in [1.54, 1.807) is 0 Å². The van der Waals surface area contributed by atoms with E-state index in [0.717, 1.165) is 38.1 Å². The first-order valence-corrected chi connectivity index (χ1v) is 6.50. The van der Waals surface area contributed by atoms with E-state index in [0.29, 0.717) is 18.3 Å². The molecule has 2 heterocycles. The second-order valence-electron chi connectivity index (χ2n) is 5.19. The first-order chi connectivity index (χ1) is 8.72. The number of aliphatic carboxylic acids is 1. The van der Waals surface area contributed by atoms with Crippen molar-refractivity contribution in [3.63, 3.8) is 0 Å². The van der Waals surface area contributed by atoms with Gasteiger partial charge in [-0.25, -0.2) is 0 Å². The summed E-state index contributed by atoms with van der Waals surface area (Å²) in [5, 5.41) is 12.8. The molecule has 98 valence electrons. The van der Waals surface area contributed by atoms with Crippen molar-refractivity contribution in [1.82, 2.24) is 15.0 Å². The molecule has 18 heavy (non-hydrogen) atoms. The monoisotopic (exact) mass is 251 g/mol. The van der Waals surface area contributed by atoms with E-state index in [4.69, 9.17) is 9.63 Å². The van der Waals surface area contributed by atoms with Gasteiger partial charge in [0.2, 0.25) is 5.89 Å². The van der Waals surface area contributed by atoms with Gasteiger partial charge in [-0.15, -0.1) is 0 Å². The fourth-order valence-electron chi connectivity index (χ4n) is 2.55. The first kappa shape index (κ1) is 11.6. The number of hydrogen-bond donors (Lipinski definition) is 1. The molecule has 0 spiro atoms. The van der Waals surface area contributed by atoms with Crippen LogP contribution >= 0.6 is 0 Å². The minimum Gasteiger partial charge on any atom is -0.481 e. The molecule has 1 aromatic heterocycles. The number of carboxylic acid groups (broad SMARTS) is 1. The maximum absolute atomic E-state index is 10.8. The zero-order chi connectivity index (χ0) is 12.5. The Hall–Kier alpha value is -1.43. The molecule has 3 rings (SSSR count). The lowest BCUT2D eigenvalue weighted by atomic mass is 10.1. The standard InChI is InChI=1S/C12H17N3O3/c16-11(17)6-9-2-1-5-15(9)7-10-13-12(18-14-10)8-3-4-8/h8-9H,1-7H2,(H,16,17). The summed E-state index contributed by atoms with van der Waals surface area (Å²) in [5.74, 6) is 1.17. The van der Waals surface area contributed by atoms with Gasteiger partial charge in [0.15, 0.2) is 5.82 Å². The summed E-state index contributed by atoms with van der Waals surface area (Å²) in [7, 11) is 0. The lowest BCUT2D eigenvalue weighted by Crippen LogP contribution is -2.31. The molecule has 0 aromatic carbocycles. The molecule has 6 nitrogen and oxygen atoms in total. The van der Waals surface area contributed by atoms with Crippen molar-refractivity contribution in [2.45, 2.75) is 50.6 Å². The van der Waals surface area contributed by atoms with Crippen LogP contribution in [0.3, 0.4) is 0 Å². The predicted octanol–water partition coefficient (Wildman–Crippen LogP) is 1.39. The van der Waals surface area contributed by atoms with Crippen LogP contribution in [0.25, 0.3) is 0 Å². The van der Waals surface area contributed by atoms with Crippen LogP contribution in [0.5, 0.6) is 0 Å². The van der Waals surface area contributed by atoms with Crippen molar-refractivity contribution >= 4 is 5.97 Å². The highest BCUT2D eigenvalue weighted by Gasteiger charge is 2.31. The number of hydrogen-bond acceptors (Lipinski definition) is 5. The van der Waals surface area contributed by atoms with E-state index >= 15 is 0 Å². The third kappa shape index (κ3) is 2.53. The van der Waals surface area contributed by atoms with Gasteiger partial charge in [-0.1, -0.05) is 5.16 Å². The predicted molar refractivity (Wildman–Crippen MR) is 62.0 cm³/mol. The largest absolute Gasteiger partial charge is 0.481 e. The highest BCUT2D eigenvalue weighted by molar-refractivity contribution is 5.67. The number of aromatic nitrogens is 2. The van der Waals surface area contributed by atoms with Crippen LogP contribution in [-0.2, 0) is 11.3 Å². The Morgan fingerprint density at radius 3 is 3.00 bits per heavy atom. The average molecular weight is 251 g/mol. The average Bonchev–Trinajstić information content (AvgIpc) is 2.93. The minimum absolute atomic E-state index is 0.116. The molecule has 1 unspecified atom stereocenters. The highest BCUT2D eigenvalue weighted by atomic mass is 16.5. The molecule has 1 N–H and O–H groups in total. The Kier molecular flexibility index (Phi) is 3.03. The van der Waals surface area contributed by atoms with Gasteiger partial charge in [0.1, 0.15) is 0 Å². The van der Waals surface area contributed by atoms with Crippen LogP contribution in [0.1, 0.15) is 49.7 Å². The zero-order valence-corrected chi connectivity index (χ0v) is 10.2. The Labute approximate surface area is 105 Å². The Morgan fingerprint density at radius 1 is 1.44 bits per heavy atom. The Bertz CT molecular complexity index is 442. The molecular formula is C12H17N3O3. The summed E-state index contributed by atoms with van der Waals surface area (Å²) in [6.45, 7) is 1.53. The molecule has 2 aliphatic rings. The molecule has 0 amide bonds. The Morgan fingerprint density at radius 2 is 2.28 bits per heavy atom. The van der Waals surface area contributed by atoms with E-state index in [-0.39, 0.29) is 12.5 Å². The second-order valence-corrected chi connectivity index (χ2v) is 5.19. The number of carboxylic acids is 1. The van der Waals surface area contributed by atoms with Gasteiger partial charge >= 0.3 is 5.97 Å². The van der Waals surface area contributed by atoms with E-state index < -0.39 is 5.97 Å². The molecule has 1 saturated heterocycles. The van der Waals surface area contributed by atoms with Crippen LogP contribution in [0.15, 0.2) is 4.52 Å². The number of likely N-dealkylation sites (tertiary alicyclic amines) is 1. The van der Waals surface area contributed by atoms with Crippen LogP contribution in [0.4, 0.5) is 0 Å². The molecule has 1 aromatic rings. The lowest BCUT2D eigenvalue weighted by Gasteiger charge is -2.20. The second kappa shape index (κ2) is 4.68. The van der Waals surface area contributed by atoms with Crippen LogP contribution in [0.2, 0.25) is 0 Å². The van der Waals surface area contributed by atoms with Gasteiger partial charge in [0.05, 0.1) is 13.0 Å². The Balaban J connectivity index is 1.61. The summed E-state index contributed by atoms with van der Waals surface area (Å²) in [6.07, 6.45) is 4.48. The smallest absolute Gasteiger partial charge is 0.304 e. The molecule has 1 atom stereocenters. The third-order valence-corrected chi connectivity index (χ3v) is 3.66. The lowest BCUT2D eigenvalue weighted by molar-refractivity contribution is -0.138. The number of rotatable bonds is 5. The number of nitrogens with zero attached hydrogens (tertiary/aromatic N) is 3. The molecule has 1 aliphatic heterocycles. The first-order valence-electron chi connectivity index (χ1n) is 6.50. The summed E-state index contributed by atoms with van der Waals surface area (Å²) in [4.78, 5) is 17.3. The van der Waals surface area contributed by atoms with Crippen molar-refractivity contribution < 1.29 is 14.4 Å². The van der Waals surface area contributed by atoms with Crippen LogP contribution in [0, 0.1) is 0 Å². The zero-order valence-electron chi connectivity index (χ0n) is 10.2. The molecule has 0 bridgehead atoms. The third-order valence-electron chi connectivity index (χ3n) is 3.66. The summed E-state index contributed by atoms with van der Waals surface area (Å²) in [5.41, 5.74) is 0. The fraction of sp³-hybridized carbons (Fsp3) is 0.750. The van der Waals surface area contributed by atoms with E-state index in [2.05, 4.69) is 15.0 Å². The minimum atomic E-state index is -0.737. The maximum Gasteiger partial charge on any atom is 0.304 e. The van der Waals surface area contributed by atoms with Crippen molar-refractivity contribution in [3.8, 4) is 0 Å². The van der Waals surface area contributed by atoms with Crippen LogP contribution in [-0.4, -0.2) is 38.7 Å². The van der Waals surface area contributed by atoms with Crippen molar-refractivity contribution in [2.75, 3.05) is 6.54 Å². The van der Waals surface area contributed by atoms with Gasteiger partial charge < -0.3 is 9.63 Å². The van der Waals surface area contributed by atoms with Crippen LogP contribution < -0.4 is 0 Å². The normalized spacial score (nSPS) is 24.6. The quantitative estimate of drug-likeness (QED) is 0.851. The van der Waals surface area contributed by atoms with Crippen molar-refractivity contribution in [2.24, 2.45) is 0 Å². The number of carbonyl (C=O) groups is 1. The molecule has 1 aliphatic carbocycles. The SMILES string of the molecule is O=C(O)CC1CCCN1Cc1noc(C2CC2)n1. The van der Waals surface area contributed by atoms with Gasteiger partial charge in [-0.2, -0.15) is 4.98 Å². The molecule has 0 radical (unpaired) electrons. The molecule has 6 heteroatoms. The molecule has 1 saturated carbocycles.